The Kier molecular flexibility index (Phi) is 5.56. The van der Waals surface area contributed by atoms with E-state index in [2.05, 4.69) is 24.1 Å². The number of thiazole rings is 1. The standard InChI is InChI=1S/C19H19ClN2O2S/c1-12(2)9-10-24-16-6-4-3-5-14(16)18(23)22-19-21-15-8-7-13(20)11-17(15)25-19/h3-8,11-12H,9-10H2,1-2H3,(H,21,22,23). The predicted octanol–water partition coefficient (Wildman–Crippen LogP) is 5.63. The number of nitrogens with zero attached hydrogens (tertiary/aromatic N) is 1. The van der Waals surface area contributed by atoms with Gasteiger partial charge in [-0.25, -0.2) is 4.98 Å². The number of halogens is 1. The first-order valence-corrected chi connectivity index (χ1v) is 9.31. The van der Waals surface area contributed by atoms with Crippen molar-refractivity contribution in [1.29, 1.82) is 0 Å². The van der Waals surface area contributed by atoms with E-state index in [4.69, 9.17) is 16.3 Å². The molecule has 1 N–H and O–H groups in total. The van der Waals surface area contributed by atoms with E-state index in [-0.39, 0.29) is 5.91 Å². The molecule has 0 aliphatic carbocycles. The summed E-state index contributed by atoms with van der Waals surface area (Å²) in [4.78, 5) is 17.0. The highest BCUT2D eigenvalue weighted by atomic mass is 35.5. The van der Waals surface area contributed by atoms with E-state index in [1.807, 2.05) is 30.3 Å². The van der Waals surface area contributed by atoms with E-state index >= 15 is 0 Å². The summed E-state index contributed by atoms with van der Waals surface area (Å²) in [6.45, 7) is 4.87. The summed E-state index contributed by atoms with van der Waals surface area (Å²) in [6.07, 6.45) is 0.939. The lowest BCUT2D eigenvalue weighted by Gasteiger charge is -2.11. The molecule has 0 spiro atoms. The third-order valence-electron chi connectivity index (χ3n) is 3.66. The molecule has 1 aromatic heterocycles. The Morgan fingerprint density at radius 3 is 2.88 bits per heavy atom. The molecule has 0 saturated carbocycles. The predicted molar refractivity (Wildman–Crippen MR) is 104 cm³/mol. The van der Waals surface area contributed by atoms with Crippen molar-refractivity contribution in [2.24, 2.45) is 5.92 Å². The van der Waals surface area contributed by atoms with E-state index in [0.29, 0.717) is 34.0 Å². The molecule has 6 heteroatoms. The smallest absolute Gasteiger partial charge is 0.261 e. The zero-order valence-electron chi connectivity index (χ0n) is 14.1. The molecule has 4 nitrogen and oxygen atoms in total. The van der Waals surface area contributed by atoms with Gasteiger partial charge in [-0.2, -0.15) is 0 Å². The summed E-state index contributed by atoms with van der Waals surface area (Å²) in [5.74, 6) is 0.908. The van der Waals surface area contributed by atoms with Gasteiger partial charge in [-0.1, -0.05) is 48.9 Å². The average Bonchev–Trinajstić information content (AvgIpc) is 2.96. The Hall–Kier alpha value is -2.11. The SMILES string of the molecule is CC(C)CCOc1ccccc1C(=O)Nc1nc2ccc(Cl)cc2s1. The molecule has 1 amide bonds. The molecule has 0 bridgehead atoms. The van der Waals surface area contributed by atoms with Crippen LogP contribution in [0.4, 0.5) is 5.13 Å². The van der Waals surface area contributed by atoms with Gasteiger partial charge in [0.25, 0.3) is 5.91 Å². The van der Waals surface area contributed by atoms with E-state index < -0.39 is 0 Å². The molecule has 2 aromatic carbocycles. The number of carbonyl (C=O) groups is 1. The molecule has 0 unspecified atom stereocenters. The second kappa shape index (κ2) is 7.85. The van der Waals surface area contributed by atoms with Crippen LogP contribution >= 0.6 is 22.9 Å². The van der Waals surface area contributed by atoms with Crippen molar-refractivity contribution in [1.82, 2.24) is 4.98 Å². The van der Waals surface area contributed by atoms with Gasteiger partial charge in [-0.05, 0) is 42.7 Å². The summed E-state index contributed by atoms with van der Waals surface area (Å²) >= 11 is 7.39. The van der Waals surface area contributed by atoms with Crippen LogP contribution in [-0.2, 0) is 0 Å². The quantitative estimate of drug-likeness (QED) is 0.608. The van der Waals surface area contributed by atoms with Gasteiger partial charge in [-0.3, -0.25) is 10.1 Å². The van der Waals surface area contributed by atoms with E-state index in [0.717, 1.165) is 16.6 Å². The lowest BCUT2D eigenvalue weighted by atomic mass is 10.1. The fraction of sp³-hybridized carbons (Fsp3) is 0.263. The van der Waals surface area contributed by atoms with Gasteiger partial charge in [0.15, 0.2) is 5.13 Å². The van der Waals surface area contributed by atoms with Crippen molar-refractivity contribution >= 4 is 44.2 Å². The highest BCUT2D eigenvalue weighted by Gasteiger charge is 2.14. The molecule has 0 aliphatic heterocycles. The van der Waals surface area contributed by atoms with Gasteiger partial charge in [-0.15, -0.1) is 0 Å². The first-order chi connectivity index (χ1) is 12.0. The maximum Gasteiger partial charge on any atom is 0.261 e. The van der Waals surface area contributed by atoms with E-state index in [1.165, 1.54) is 11.3 Å². The summed E-state index contributed by atoms with van der Waals surface area (Å²) in [5.41, 5.74) is 1.31. The summed E-state index contributed by atoms with van der Waals surface area (Å²) < 4.78 is 6.72. The Morgan fingerprint density at radius 1 is 1.28 bits per heavy atom. The topological polar surface area (TPSA) is 51.2 Å². The minimum absolute atomic E-state index is 0.231. The van der Waals surface area contributed by atoms with Crippen LogP contribution in [0.25, 0.3) is 10.2 Å². The number of nitrogens with one attached hydrogen (secondary N) is 1. The van der Waals surface area contributed by atoms with Crippen LogP contribution in [0.2, 0.25) is 5.02 Å². The summed E-state index contributed by atoms with van der Waals surface area (Å²) in [5, 5.41) is 4.04. The van der Waals surface area contributed by atoms with Gasteiger partial charge in [0, 0.05) is 5.02 Å². The first kappa shape index (κ1) is 17.7. The number of benzene rings is 2. The molecule has 0 radical (unpaired) electrons. The molecule has 0 atom stereocenters. The zero-order valence-corrected chi connectivity index (χ0v) is 15.7. The third-order valence-corrected chi connectivity index (χ3v) is 4.82. The molecule has 25 heavy (non-hydrogen) atoms. The van der Waals surface area contributed by atoms with Crippen LogP contribution in [0.1, 0.15) is 30.6 Å². The van der Waals surface area contributed by atoms with Crippen molar-refractivity contribution in [2.75, 3.05) is 11.9 Å². The Bertz CT molecular complexity index is 892. The van der Waals surface area contributed by atoms with Crippen LogP contribution in [0.15, 0.2) is 42.5 Å². The first-order valence-electron chi connectivity index (χ1n) is 8.12. The van der Waals surface area contributed by atoms with Gasteiger partial charge in [0.1, 0.15) is 5.75 Å². The minimum Gasteiger partial charge on any atom is -0.493 e. The zero-order chi connectivity index (χ0) is 17.8. The molecular weight excluding hydrogens is 356 g/mol. The van der Waals surface area contributed by atoms with Crippen molar-refractivity contribution < 1.29 is 9.53 Å². The number of rotatable bonds is 6. The third kappa shape index (κ3) is 4.50. The van der Waals surface area contributed by atoms with Crippen LogP contribution < -0.4 is 10.1 Å². The molecule has 0 aliphatic rings. The minimum atomic E-state index is -0.231. The van der Waals surface area contributed by atoms with Crippen LogP contribution in [0.5, 0.6) is 5.75 Å². The summed E-state index contributed by atoms with van der Waals surface area (Å²) in [7, 11) is 0. The van der Waals surface area contributed by atoms with Crippen molar-refractivity contribution in [2.45, 2.75) is 20.3 Å². The number of amides is 1. The van der Waals surface area contributed by atoms with Gasteiger partial charge >= 0.3 is 0 Å². The molecule has 1 heterocycles. The number of para-hydroxylation sites is 1. The van der Waals surface area contributed by atoms with Crippen LogP contribution in [0.3, 0.4) is 0 Å². The van der Waals surface area contributed by atoms with Gasteiger partial charge in [0.2, 0.25) is 0 Å². The Balaban J connectivity index is 1.75. The second-order valence-corrected chi connectivity index (χ2v) is 7.58. The molecule has 3 rings (SSSR count). The number of hydrogen-bond donors (Lipinski definition) is 1. The second-order valence-electron chi connectivity index (χ2n) is 6.11. The monoisotopic (exact) mass is 374 g/mol. The molecular formula is C19H19ClN2O2S. The Morgan fingerprint density at radius 2 is 2.08 bits per heavy atom. The number of hydrogen-bond acceptors (Lipinski definition) is 4. The van der Waals surface area contributed by atoms with E-state index in [1.54, 1.807) is 12.1 Å². The van der Waals surface area contributed by atoms with Crippen molar-refractivity contribution in [3.63, 3.8) is 0 Å². The average molecular weight is 375 g/mol. The molecule has 130 valence electrons. The Labute approximate surface area is 155 Å². The lowest BCUT2D eigenvalue weighted by molar-refractivity contribution is 0.102. The molecule has 0 fully saturated rings. The molecule has 0 saturated heterocycles. The number of aromatic nitrogens is 1. The van der Waals surface area contributed by atoms with Crippen molar-refractivity contribution in [3.8, 4) is 5.75 Å². The number of carbonyl (C=O) groups excluding carboxylic acids is 1. The highest BCUT2D eigenvalue weighted by Crippen LogP contribution is 2.29. The fourth-order valence-corrected chi connectivity index (χ4v) is 3.44. The van der Waals surface area contributed by atoms with Crippen LogP contribution in [0, 0.1) is 5.92 Å². The lowest BCUT2D eigenvalue weighted by Crippen LogP contribution is -2.14. The highest BCUT2D eigenvalue weighted by molar-refractivity contribution is 7.22. The largest absolute Gasteiger partial charge is 0.493 e. The fourth-order valence-electron chi connectivity index (χ4n) is 2.30. The maximum atomic E-state index is 12.6. The van der Waals surface area contributed by atoms with Crippen molar-refractivity contribution in [3.05, 3.63) is 53.1 Å². The normalized spacial score (nSPS) is 11.0. The molecule has 3 aromatic rings. The van der Waals surface area contributed by atoms with Crippen LogP contribution in [-0.4, -0.2) is 17.5 Å². The number of anilines is 1. The summed E-state index contributed by atoms with van der Waals surface area (Å²) in [6, 6.07) is 12.7. The van der Waals surface area contributed by atoms with Gasteiger partial charge in [0.05, 0.1) is 22.4 Å². The van der Waals surface area contributed by atoms with E-state index in [9.17, 15) is 4.79 Å². The maximum absolute atomic E-state index is 12.6. The number of fused-ring (bicyclic) bond motifs is 1. The van der Waals surface area contributed by atoms with Gasteiger partial charge < -0.3 is 4.74 Å². The number of ether oxygens (including phenoxy) is 1.